The van der Waals surface area contributed by atoms with Gasteiger partial charge in [-0.05, 0) is 46.8 Å². The molecule has 110 valence electrons. The fraction of sp³-hybridized carbons (Fsp3) is 0.500. The van der Waals surface area contributed by atoms with Crippen LogP contribution in [0.4, 0.5) is 4.39 Å². The molecule has 2 aromatic rings. The minimum absolute atomic E-state index is 0.294. The highest BCUT2D eigenvalue weighted by atomic mass is 79.9. The topological polar surface area (TPSA) is 17.8 Å². The zero-order valence-corrected chi connectivity index (χ0v) is 14.7. The lowest BCUT2D eigenvalue weighted by molar-refractivity contribution is 0.533. The third-order valence-corrected chi connectivity index (χ3v) is 5.03. The maximum atomic E-state index is 13.6. The maximum Gasteiger partial charge on any atom is 0.139 e. The van der Waals surface area contributed by atoms with Crippen LogP contribution in [0.25, 0.3) is 11.0 Å². The largest absolute Gasteiger partial charge is 0.324 e. The summed E-state index contributed by atoms with van der Waals surface area (Å²) in [5, 5.41) is 0. The number of halogens is 3. The zero-order chi connectivity index (χ0) is 14.7. The average Bonchev–Trinajstić information content (AvgIpc) is 2.77. The minimum atomic E-state index is -0.294. The standard InChI is InChI=1S/C14H17BrClFN2S/c1-3-20-5-4-9(2)19-13-6-10(15)11(17)7-12(13)18-14(19)8-16/h6-7,9H,3-5,8H2,1-2H3. The van der Waals surface area contributed by atoms with Crippen LogP contribution in [-0.2, 0) is 5.88 Å². The summed E-state index contributed by atoms with van der Waals surface area (Å²) in [6.07, 6.45) is 1.04. The van der Waals surface area contributed by atoms with Crippen LogP contribution in [0.3, 0.4) is 0 Å². The smallest absolute Gasteiger partial charge is 0.139 e. The molecule has 0 aliphatic carbocycles. The van der Waals surface area contributed by atoms with Gasteiger partial charge in [0.15, 0.2) is 0 Å². The summed E-state index contributed by atoms with van der Waals surface area (Å²) in [5.74, 6) is 3.06. The molecule has 0 amide bonds. The van der Waals surface area contributed by atoms with Crippen molar-refractivity contribution in [2.24, 2.45) is 0 Å². The molecule has 1 heterocycles. The molecule has 0 aliphatic rings. The summed E-state index contributed by atoms with van der Waals surface area (Å²) in [6.45, 7) is 4.32. The van der Waals surface area contributed by atoms with Crippen molar-refractivity contribution >= 4 is 50.3 Å². The summed E-state index contributed by atoms with van der Waals surface area (Å²) >= 11 is 11.2. The molecule has 2 nitrogen and oxygen atoms in total. The van der Waals surface area contributed by atoms with E-state index in [4.69, 9.17) is 11.6 Å². The monoisotopic (exact) mass is 378 g/mol. The Balaban J connectivity index is 2.41. The number of hydrogen-bond acceptors (Lipinski definition) is 2. The van der Waals surface area contributed by atoms with Crippen LogP contribution in [0, 0.1) is 5.82 Å². The Labute approximate surface area is 136 Å². The molecule has 0 radical (unpaired) electrons. The number of imidazole rings is 1. The van der Waals surface area contributed by atoms with Crippen molar-refractivity contribution in [1.82, 2.24) is 9.55 Å². The van der Waals surface area contributed by atoms with Crippen LogP contribution in [-0.4, -0.2) is 21.1 Å². The van der Waals surface area contributed by atoms with Gasteiger partial charge in [0.2, 0.25) is 0 Å². The second-order valence-electron chi connectivity index (χ2n) is 4.62. The number of hydrogen-bond donors (Lipinski definition) is 0. The molecule has 0 fully saturated rings. The third kappa shape index (κ3) is 3.31. The number of thioether (sulfide) groups is 1. The molecule has 2 rings (SSSR count). The van der Waals surface area contributed by atoms with Crippen molar-refractivity contribution in [3.63, 3.8) is 0 Å². The summed E-state index contributed by atoms with van der Waals surface area (Å²) in [7, 11) is 0. The van der Waals surface area contributed by atoms with Gasteiger partial charge in [0, 0.05) is 12.1 Å². The first kappa shape index (κ1) is 16.1. The number of aromatic nitrogens is 2. The second kappa shape index (κ2) is 7.14. The summed E-state index contributed by atoms with van der Waals surface area (Å²) in [4.78, 5) is 4.45. The summed E-state index contributed by atoms with van der Waals surface area (Å²) < 4.78 is 16.2. The predicted octanol–water partition coefficient (Wildman–Crippen LogP) is 5.38. The van der Waals surface area contributed by atoms with E-state index >= 15 is 0 Å². The lowest BCUT2D eigenvalue weighted by Crippen LogP contribution is -2.09. The molecule has 1 unspecified atom stereocenters. The number of rotatable bonds is 6. The molecule has 6 heteroatoms. The Morgan fingerprint density at radius 3 is 2.90 bits per heavy atom. The van der Waals surface area contributed by atoms with E-state index in [1.54, 1.807) is 6.07 Å². The molecule has 1 aromatic carbocycles. The van der Waals surface area contributed by atoms with Crippen molar-refractivity contribution < 1.29 is 4.39 Å². The first-order valence-electron chi connectivity index (χ1n) is 6.58. The molecular formula is C14H17BrClFN2S. The summed E-state index contributed by atoms with van der Waals surface area (Å²) in [5.41, 5.74) is 1.60. The number of nitrogens with zero attached hydrogens (tertiary/aromatic N) is 2. The highest BCUT2D eigenvalue weighted by Gasteiger charge is 2.17. The molecule has 20 heavy (non-hydrogen) atoms. The highest BCUT2D eigenvalue weighted by Crippen LogP contribution is 2.29. The second-order valence-corrected chi connectivity index (χ2v) is 7.14. The van der Waals surface area contributed by atoms with Gasteiger partial charge in [0.1, 0.15) is 11.6 Å². The molecule has 1 atom stereocenters. The van der Waals surface area contributed by atoms with E-state index in [0.717, 1.165) is 29.3 Å². The molecular weight excluding hydrogens is 363 g/mol. The van der Waals surface area contributed by atoms with E-state index in [1.165, 1.54) is 6.07 Å². The Kier molecular flexibility index (Phi) is 5.75. The van der Waals surface area contributed by atoms with Gasteiger partial charge < -0.3 is 4.57 Å². The van der Waals surface area contributed by atoms with Crippen LogP contribution in [0.5, 0.6) is 0 Å². The van der Waals surface area contributed by atoms with E-state index in [9.17, 15) is 4.39 Å². The van der Waals surface area contributed by atoms with Crippen LogP contribution in [0.1, 0.15) is 32.1 Å². The Bertz CT molecular complexity index is 602. The van der Waals surface area contributed by atoms with E-state index < -0.39 is 0 Å². The van der Waals surface area contributed by atoms with Gasteiger partial charge in [-0.3, -0.25) is 0 Å². The molecule has 0 spiro atoms. The SMILES string of the molecule is CCSCCC(C)n1c(CCl)nc2cc(F)c(Br)cc21. The molecule has 0 aliphatic heterocycles. The van der Waals surface area contributed by atoms with Crippen molar-refractivity contribution in [3.8, 4) is 0 Å². The highest BCUT2D eigenvalue weighted by molar-refractivity contribution is 9.10. The normalized spacial score (nSPS) is 13.1. The quantitative estimate of drug-likeness (QED) is 0.495. The van der Waals surface area contributed by atoms with E-state index in [1.807, 2.05) is 11.8 Å². The first-order chi connectivity index (χ1) is 9.58. The van der Waals surface area contributed by atoms with Gasteiger partial charge >= 0.3 is 0 Å². The van der Waals surface area contributed by atoms with Gasteiger partial charge in [-0.2, -0.15) is 11.8 Å². The molecule has 1 aromatic heterocycles. The van der Waals surface area contributed by atoms with Crippen molar-refractivity contribution in [2.75, 3.05) is 11.5 Å². The van der Waals surface area contributed by atoms with Crippen LogP contribution in [0.15, 0.2) is 16.6 Å². The van der Waals surface area contributed by atoms with E-state index in [2.05, 4.69) is 39.3 Å². The average molecular weight is 380 g/mol. The molecule has 0 bridgehead atoms. The van der Waals surface area contributed by atoms with Crippen molar-refractivity contribution in [2.45, 2.75) is 32.2 Å². The van der Waals surface area contributed by atoms with Crippen molar-refractivity contribution in [1.29, 1.82) is 0 Å². The minimum Gasteiger partial charge on any atom is -0.324 e. The molecule has 0 N–H and O–H groups in total. The van der Waals surface area contributed by atoms with Gasteiger partial charge in [-0.1, -0.05) is 6.92 Å². The van der Waals surface area contributed by atoms with Gasteiger partial charge in [0.25, 0.3) is 0 Å². The van der Waals surface area contributed by atoms with Crippen LogP contribution >= 0.6 is 39.3 Å². The van der Waals surface area contributed by atoms with Gasteiger partial charge in [0.05, 0.1) is 21.4 Å². The van der Waals surface area contributed by atoms with E-state index in [0.29, 0.717) is 21.9 Å². The van der Waals surface area contributed by atoms with Gasteiger partial charge in [-0.15, -0.1) is 11.6 Å². The third-order valence-electron chi connectivity index (χ3n) is 3.25. The summed E-state index contributed by atoms with van der Waals surface area (Å²) in [6, 6.07) is 3.54. The van der Waals surface area contributed by atoms with Gasteiger partial charge in [-0.25, -0.2) is 9.37 Å². The molecule has 0 saturated carbocycles. The Morgan fingerprint density at radius 1 is 1.50 bits per heavy atom. The predicted molar refractivity (Wildman–Crippen MR) is 89.3 cm³/mol. The lowest BCUT2D eigenvalue weighted by atomic mass is 10.2. The number of fused-ring (bicyclic) bond motifs is 1. The van der Waals surface area contributed by atoms with Crippen LogP contribution < -0.4 is 0 Å². The maximum absolute atomic E-state index is 13.6. The van der Waals surface area contributed by atoms with Crippen molar-refractivity contribution in [3.05, 3.63) is 28.2 Å². The van der Waals surface area contributed by atoms with Crippen LogP contribution in [0.2, 0.25) is 0 Å². The number of benzene rings is 1. The Hall–Kier alpha value is -0.260. The molecule has 0 saturated heterocycles. The fourth-order valence-corrected chi connectivity index (χ4v) is 3.57. The lowest BCUT2D eigenvalue weighted by Gasteiger charge is -2.17. The number of alkyl halides is 1. The fourth-order valence-electron chi connectivity index (χ4n) is 2.25. The Morgan fingerprint density at radius 2 is 2.25 bits per heavy atom. The van der Waals surface area contributed by atoms with E-state index in [-0.39, 0.29) is 5.82 Å². The zero-order valence-electron chi connectivity index (χ0n) is 11.5. The first-order valence-corrected chi connectivity index (χ1v) is 9.06.